The first-order valence-corrected chi connectivity index (χ1v) is 6.67. The van der Waals surface area contributed by atoms with Gasteiger partial charge in [0.25, 0.3) is 0 Å². The van der Waals surface area contributed by atoms with E-state index in [0.717, 1.165) is 15.7 Å². The van der Waals surface area contributed by atoms with Gasteiger partial charge in [0.1, 0.15) is 10.8 Å². The average Bonchev–Trinajstić information content (AvgIpc) is 2.81. The Balaban J connectivity index is 2.06. The number of rotatable bonds is 4. The molecule has 0 aliphatic heterocycles. The van der Waals surface area contributed by atoms with Crippen LogP contribution in [0.4, 0.5) is 9.52 Å². The Kier molecular flexibility index (Phi) is 3.91. The summed E-state index contributed by atoms with van der Waals surface area (Å²) in [6.07, 6.45) is 0. The lowest BCUT2D eigenvalue weighted by molar-refractivity contribution is 0.627. The molecule has 0 amide bonds. The van der Waals surface area contributed by atoms with Gasteiger partial charge in [0.2, 0.25) is 5.13 Å². The fourth-order valence-corrected chi connectivity index (χ4v) is 2.35. The summed E-state index contributed by atoms with van der Waals surface area (Å²) in [5.74, 6) is 0.190. The molecule has 1 aromatic carbocycles. The summed E-state index contributed by atoms with van der Waals surface area (Å²) in [6.45, 7) is 4.90. The largest absolute Gasteiger partial charge is 0.345 e. The van der Waals surface area contributed by atoms with Gasteiger partial charge in [0, 0.05) is 19.5 Å². The summed E-state index contributed by atoms with van der Waals surface area (Å²) in [7, 11) is 1.97. The van der Waals surface area contributed by atoms with E-state index in [1.54, 1.807) is 23.5 Å². The Hall–Kier alpha value is -1.49. The Morgan fingerprint density at radius 1 is 1.22 bits per heavy atom. The van der Waals surface area contributed by atoms with Gasteiger partial charge in [0.15, 0.2) is 0 Å². The minimum atomic E-state index is -0.209. The molecule has 0 atom stereocenters. The molecule has 0 saturated carbocycles. The Labute approximate surface area is 110 Å². The molecule has 2 aromatic rings. The van der Waals surface area contributed by atoms with Gasteiger partial charge in [0.05, 0.1) is 0 Å². The van der Waals surface area contributed by atoms with Crippen LogP contribution in [0.5, 0.6) is 0 Å². The van der Waals surface area contributed by atoms with E-state index in [-0.39, 0.29) is 5.82 Å². The van der Waals surface area contributed by atoms with Crippen LogP contribution >= 0.6 is 11.3 Å². The van der Waals surface area contributed by atoms with E-state index in [1.165, 1.54) is 12.1 Å². The minimum absolute atomic E-state index is 0.209. The number of hydrogen-bond donors (Lipinski definition) is 0. The maximum atomic E-state index is 12.8. The highest BCUT2D eigenvalue weighted by Gasteiger charge is 2.11. The predicted octanol–water partition coefficient (Wildman–Crippen LogP) is 3.44. The molecule has 0 unspecified atom stereocenters. The third-order valence-electron chi connectivity index (χ3n) is 2.58. The molecule has 96 valence electrons. The maximum Gasteiger partial charge on any atom is 0.208 e. The standard InChI is InChI=1S/C13H16FN3S/c1-9(2)12-15-16-13(18-12)17(3)8-10-4-6-11(14)7-5-10/h4-7,9H,8H2,1-3H3. The van der Waals surface area contributed by atoms with Crippen molar-refractivity contribution in [1.29, 1.82) is 0 Å². The molecule has 0 N–H and O–H groups in total. The zero-order valence-electron chi connectivity index (χ0n) is 10.7. The molecule has 1 heterocycles. The zero-order chi connectivity index (χ0) is 13.1. The molecular weight excluding hydrogens is 249 g/mol. The van der Waals surface area contributed by atoms with Gasteiger partial charge in [-0.25, -0.2) is 4.39 Å². The summed E-state index contributed by atoms with van der Waals surface area (Å²) in [5, 5.41) is 10.3. The number of hydrogen-bond acceptors (Lipinski definition) is 4. The van der Waals surface area contributed by atoms with E-state index in [0.29, 0.717) is 12.5 Å². The second-order valence-electron chi connectivity index (χ2n) is 4.56. The average molecular weight is 265 g/mol. The van der Waals surface area contributed by atoms with Crippen LogP contribution in [-0.4, -0.2) is 17.2 Å². The highest BCUT2D eigenvalue weighted by Crippen LogP contribution is 2.25. The van der Waals surface area contributed by atoms with Crippen molar-refractivity contribution in [3.8, 4) is 0 Å². The van der Waals surface area contributed by atoms with Gasteiger partial charge >= 0.3 is 0 Å². The first-order chi connectivity index (χ1) is 8.56. The highest BCUT2D eigenvalue weighted by atomic mass is 32.1. The van der Waals surface area contributed by atoms with Crippen LogP contribution in [0, 0.1) is 5.82 Å². The Morgan fingerprint density at radius 3 is 2.44 bits per heavy atom. The number of benzene rings is 1. The van der Waals surface area contributed by atoms with Gasteiger partial charge in [-0.2, -0.15) is 0 Å². The molecule has 0 aliphatic carbocycles. The molecule has 2 rings (SSSR count). The third kappa shape index (κ3) is 3.04. The van der Waals surface area contributed by atoms with Crippen molar-refractivity contribution >= 4 is 16.5 Å². The molecule has 3 nitrogen and oxygen atoms in total. The van der Waals surface area contributed by atoms with Gasteiger partial charge in [-0.1, -0.05) is 37.3 Å². The van der Waals surface area contributed by atoms with E-state index in [1.807, 2.05) is 11.9 Å². The maximum absolute atomic E-state index is 12.8. The molecule has 0 saturated heterocycles. The van der Waals surface area contributed by atoms with Crippen molar-refractivity contribution in [3.05, 3.63) is 40.7 Å². The van der Waals surface area contributed by atoms with E-state index < -0.39 is 0 Å². The zero-order valence-corrected chi connectivity index (χ0v) is 11.5. The summed E-state index contributed by atoms with van der Waals surface area (Å²) >= 11 is 1.60. The second-order valence-corrected chi connectivity index (χ2v) is 5.55. The van der Waals surface area contributed by atoms with Crippen molar-refractivity contribution in [3.63, 3.8) is 0 Å². The van der Waals surface area contributed by atoms with Crippen LogP contribution in [0.15, 0.2) is 24.3 Å². The summed E-state index contributed by atoms with van der Waals surface area (Å²) in [6, 6.07) is 6.53. The molecule has 0 spiro atoms. The van der Waals surface area contributed by atoms with Crippen LogP contribution in [0.3, 0.4) is 0 Å². The quantitative estimate of drug-likeness (QED) is 0.848. The molecular formula is C13H16FN3S. The van der Waals surface area contributed by atoms with Crippen molar-refractivity contribution in [1.82, 2.24) is 10.2 Å². The third-order valence-corrected chi connectivity index (χ3v) is 3.92. The summed E-state index contributed by atoms with van der Waals surface area (Å²) in [5.41, 5.74) is 1.06. The van der Waals surface area contributed by atoms with E-state index in [4.69, 9.17) is 0 Å². The lowest BCUT2D eigenvalue weighted by Crippen LogP contribution is -2.16. The lowest BCUT2D eigenvalue weighted by Gasteiger charge is -2.14. The topological polar surface area (TPSA) is 29.0 Å². The monoisotopic (exact) mass is 265 g/mol. The number of anilines is 1. The van der Waals surface area contributed by atoms with Crippen LogP contribution in [0.2, 0.25) is 0 Å². The Bertz CT molecular complexity index is 507. The Morgan fingerprint density at radius 2 is 1.89 bits per heavy atom. The van der Waals surface area contributed by atoms with Gasteiger partial charge in [-0.15, -0.1) is 10.2 Å². The van der Waals surface area contributed by atoms with Crippen LogP contribution in [-0.2, 0) is 6.54 Å². The molecule has 0 bridgehead atoms. The van der Waals surface area contributed by atoms with Crippen molar-refractivity contribution in [2.24, 2.45) is 0 Å². The van der Waals surface area contributed by atoms with E-state index in [2.05, 4.69) is 24.0 Å². The lowest BCUT2D eigenvalue weighted by atomic mass is 10.2. The number of nitrogens with zero attached hydrogens (tertiary/aromatic N) is 3. The van der Waals surface area contributed by atoms with Gasteiger partial charge in [-0.05, 0) is 17.7 Å². The van der Waals surface area contributed by atoms with Crippen LogP contribution < -0.4 is 4.90 Å². The SMILES string of the molecule is CC(C)c1nnc(N(C)Cc2ccc(F)cc2)s1. The first-order valence-electron chi connectivity index (χ1n) is 5.85. The van der Waals surface area contributed by atoms with Gasteiger partial charge < -0.3 is 4.90 Å². The van der Waals surface area contributed by atoms with Crippen molar-refractivity contribution < 1.29 is 4.39 Å². The van der Waals surface area contributed by atoms with Crippen molar-refractivity contribution in [2.75, 3.05) is 11.9 Å². The first kappa shape index (κ1) is 13.0. The highest BCUT2D eigenvalue weighted by molar-refractivity contribution is 7.15. The fraction of sp³-hybridized carbons (Fsp3) is 0.385. The van der Waals surface area contributed by atoms with Crippen molar-refractivity contribution in [2.45, 2.75) is 26.3 Å². The normalized spacial score (nSPS) is 10.9. The minimum Gasteiger partial charge on any atom is -0.345 e. The molecule has 1 aromatic heterocycles. The smallest absolute Gasteiger partial charge is 0.208 e. The van der Waals surface area contributed by atoms with E-state index in [9.17, 15) is 4.39 Å². The van der Waals surface area contributed by atoms with E-state index >= 15 is 0 Å². The molecule has 0 fully saturated rings. The second kappa shape index (κ2) is 5.44. The molecule has 0 radical (unpaired) electrons. The summed E-state index contributed by atoms with van der Waals surface area (Å²) < 4.78 is 12.8. The van der Waals surface area contributed by atoms with Crippen LogP contribution in [0.1, 0.15) is 30.3 Å². The molecule has 18 heavy (non-hydrogen) atoms. The number of halogens is 1. The van der Waals surface area contributed by atoms with Crippen LogP contribution in [0.25, 0.3) is 0 Å². The summed E-state index contributed by atoms with van der Waals surface area (Å²) in [4.78, 5) is 2.02. The molecule has 5 heteroatoms. The predicted molar refractivity (Wildman–Crippen MR) is 72.5 cm³/mol. The number of aromatic nitrogens is 2. The van der Waals surface area contributed by atoms with Gasteiger partial charge in [-0.3, -0.25) is 0 Å². The molecule has 0 aliphatic rings. The fourth-order valence-electron chi connectivity index (χ4n) is 1.55.